The van der Waals surface area contributed by atoms with Gasteiger partial charge in [0.15, 0.2) is 0 Å². The zero-order valence-electron chi connectivity index (χ0n) is 5.76. The van der Waals surface area contributed by atoms with E-state index in [0.717, 1.165) is 0 Å². The van der Waals surface area contributed by atoms with E-state index in [2.05, 4.69) is 34.7 Å². The summed E-state index contributed by atoms with van der Waals surface area (Å²) in [6.07, 6.45) is 10.2. The van der Waals surface area contributed by atoms with Crippen molar-refractivity contribution in [3.8, 4) is 0 Å². The summed E-state index contributed by atoms with van der Waals surface area (Å²) in [4.78, 5) is 0. The summed E-state index contributed by atoms with van der Waals surface area (Å²) in [6.45, 7) is 4.04. The summed E-state index contributed by atoms with van der Waals surface area (Å²) in [7, 11) is 0. The normalized spacial score (nSPS) is 13.9. The van der Waals surface area contributed by atoms with E-state index in [1.807, 2.05) is 32.1 Å². The molecule has 0 aromatic carbocycles. The third-order valence-electron chi connectivity index (χ3n) is 0.835. The number of hydrogen-bond acceptors (Lipinski definition) is 0. The maximum atomic E-state index is 2.29. The zero-order chi connectivity index (χ0) is 7.11. The van der Waals surface area contributed by atoms with Gasteiger partial charge in [-0.1, -0.05) is 24.3 Å². The monoisotopic (exact) mass is 234 g/mol. The van der Waals surface area contributed by atoms with Crippen molar-refractivity contribution in [3.05, 3.63) is 34.0 Å². The van der Waals surface area contributed by atoms with Crippen molar-refractivity contribution >= 4 is 22.6 Å². The highest BCUT2D eigenvalue weighted by Crippen LogP contribution is 2.05. The van der Waals surface area contributed by atoms with Gasteiger partial charge in [0.1, 0.15) is 0 Å². The van der Waals surface area contributed by atoms with Crippen molar-refractivity contribution in [2.24, 2.45) is 0 Å². The van der Waals surface area contributed by atoms with Crippen molar-refractivity contribution in [2.75, 3.05) is 0 Å². The van der Waals surface area contributed by atoms with Crippen LogP contribution in [-0.2, 0) is 0 Å². The summed E-state index contributed by atoms with van der Waals surface area (Å²) < 4.78 is 1.27. The SMILES string of the molecule is C\C=C/C=C\C(I)=C\C. The van der Waals surface area contributed by atoms with Gasteiger partial charge in [-0.25, -0.2) is 0 Å². The lowest BCUT2D eigenvalue weighted by molar-refractivity contribution is 1.70. The third-order valence-corrected chi connectivity index (χ3v) is 1.82. The van der Waals surface area contributed by atoms with Crippen LogP contribution in [0.2, 0.25) is 0 Å². The average molecular weight is 234 g/mol. The van der Waals surface area contributed by atoms with Crippen molar-refractivity contribution in [3.63, 3.8) is 0 Å². The molecule has 0 aromatic heterocycles. The standard InChI is InChI=1S/C8H11I/c1-3-5-6-7-8(9)4-2/h3-7H,1-2H3/b5-3-,7-6-,8-4-. The first-order valence-corrected chi connectivity index (χ1v) is 4.00. The molecule has 0 fully saturated rings. The van der Waals surface area contributed by atoms with Crippen LogP contribution in [-0.4, -0.2) is 0 Å². The van der Waals surface area contributed by atoms with Crippen molar-refractivity contribution in [1.82, 2.24) is 0 Å². The zero-order valence-corrected chi connectivity index (χ0v) is 7.92. The first-order chi connectivity index (χ1) is 4.31. The van der Waals surface area contributed by atoms with Gasteiger partial charge < -0.3 is 0 Å². The minimum atomic E-state index is 1.27. The Balaban J connectivity index is 3.71. The molecule has 50 valence electrons. The van der Waals surface area contributed by atoms with E-state index in [1.54, 1.807) is 0 Å². The first-order valence-electron chi connectivity index (χ1n) is 2.92. The van der Waals surface area contributed by atoms with Crippen LogP contribution in [0.1, 0.15) is 13.8 Å². The van der Waals surface area contributed by atoms with Crippen LogP contribution in [0.3, 0.4) is 0 Å². The first kappa shape index (κ1) is 8.95. The van der Waals surface area contributed by atoms with Crippen molar-refractivity contribution < 1.29 is 0 Å². The Hall–Kier alpha value is -0.0500. The van der Waals surface area contributed by atoms with E-state index >= 15 is 0 Å². The highest BCUT2D eigenvalue weighted by molar-refractivity contribution is 14.1. The second kappa shape index (κ2) is 6.08. The van der Waals surface area contributed by atoms with Gasteiger partial charge in [-0.15, -0.1) is 0 Å². The second-order valence-electron chi connectivity index (χ2n) is 1.56. The van der Waals surface area contributed by atoms with Crippen LogP contribution < -0.4 is 0 Å². The van der Waals surface area contributed by atoms with Crippen LogP contribution in [0.25, 0.3) is 0 Å². The summed E-state index contributed by atoms with van der Waals surface area (Å²) in [5.74, 6) is 0. The van der Waals surface area contributed by atoms with Crippen molar-refractivity contribution in [2.45, 2.75) is 13.8 Å². The van der Waals surface area contributed by atoms with Gasteiger partial charge in [-0.3, -0.25) is 0 Å². The molecule has 0 saturated carbocycles. The molecule has 0 unspecified atom stereocenters. The molecule has 0 N–H and O–H groups in total. The molecular weight excluding hydrogens is 223 g/mol. The van der Waals surface area contributed by atoms with E-state index in [1.165, 1.54) is 3.58 Å². The van der Waals surface area contributed by atoms with Crippen molar-refractivity contribution in [1.29, 1.82) is 0 Å². The van der Waals surface area contributed by atoms with Gasteiger partial charge in [-0.05, 0) is 42.5 Å². The largest absolute Gasteiger partial charge is 0.0877 e. The van der Waals surface area contributed by atoms with E-state index in [4.69, 9.17) is 0 Å². The highest BCUT2D eigenvalue weighted by atomic mass is 127. The number of hydrogen-bond donors (Lipinski definition) is 0. The van der Waals surface area contributed by atoms with Crippen LogP contribution in [0.4, 0.5) is 0 Å². The van der Waals surface area contributed by atoms with Gasteiger partial charge in [0.05, 0.1) is 0 Å². The smallest absolute Gasteiger partial charge is 0.00871 e. The molecule has 0 aliphatic heterocycles. The molecule has 0 saturated heterocycles. The molecule has 0 bridgehead atoms. The molecule has 0 spiro atoms. The lowest BCUT2D eigenvalue weighted by Gasteiger charge is -1.80. The molecule has 0 rings (SSSR count). The fraction of sp³-hybridized carbons (Fsp3) is 0.250. The molecule has 0 radical (unpaired) electrons. The lowest BCUT2D eigenvalue weighted by atomic mass is 10.4. The van der Waals surface area contributed by atoms with Gasteiger partial charge in [-0.2, -0.15) is 0 Å². The summed E-state index contributed by atoms with van der Waals surface area (Å²) in [5, 5.41) is 0. The predicted octanol–water partition coefficient (Wildman–Crippen LogP) is 3.46. The number of halogens is 1. The Labute approximate surface area is 70.5 Å². The van der Waals surface area contributed by atoms with E-state index < -0.39 is 0 Å². The molecular formula is C8H11I. The van der Waals surface area contributed by atoms with Gasteiger partial charge >= 0.3 is 0 Å². The van der Waals surface area contributed by atoms with E-state index in [9.17, 15) is 0 Å². The molecule has 0 nitrogen and oxygen atoms in total. The topological polar surface area (TPSA) is 0 Å². The molecule has 0 aliphatic carbocycles. The fourth-order valence-corrected chi connectivity index (χ4v) is 0.562. The minimum Gasteiger partial charge on any atom is -0.0877 e. The van der Waals surface area contributed by atoms with Crippen LogP contribution >= 0.6 is 22.6 Å². The Morgan fingerprint density at radius 1 is 1.22 bits per heavy atom. The Kier molecular flexibility index (Phi) is 6.04. The Bertz CT molecular complexity index is 141. The van der Waals surface area contributed by atoms with E-state index in [-0.39, 0.29) is 0 Å². The molecule has 9 heavy (non-hydrogen) atoms. The number of rotatable bonds is 2. The van der Waals surface area contributed by atoms with Gasteiger partial charge in [0.25, 0.3) is 0 Å². The lowest BCUT2D eigenvalue weighted by Crippen LogP contribution is -1.55. The van der Waals surface area contributed by atoms with Gasteiger partial charge in [0, 0.05) is 3.58 Å². The van der Waals surface area contributed by atoms with Crippen LogP contribution in [0.15, 0.2) is 34.0 Å². The van der Waals surface area contributed by atoms with Gasteiger partial charge in [0.2, 0.25) is 0 Å². The molecule has 1 heteroatoms. The van der Waals surface area contributed by atoms with E-state index in [0.29, 0.717) is 0 Å². The summed E-state index contributed by atoms with van der Waals surface area (Å²) >= 11 is 2.29. The highest BCUT2D eigenvalue weighted by Gasteiger charge is 1.74. The summed E-state index contributed by atoms with van der Waals surface area (Å²) in [5.41, 5.74) is 0. The fourth-order valence-electron chi connectivity index (χ4n) is 0.355. The maximum Gasteiger partial charge on any atom is 0.00871 e. The third kappa shape index (κ3) is 5.83. The quantitative estimate of drug-likeness (QED) is 0.507. The Morgan fingerprint density at radius 3 is 2.33 bits per heavy atom. The van der Waals surface area contributed by atoms with Crippen LogP contribution in [0.5, 0.6) is 0 Å². The second-order valence-corrected chi connectivity index (χ2v) is 2.80. The number of allylic oxidation sites excluding steroid dienone is 6. The molecule has 0 heterocycles. The minimum absolute atomic E-state index is 1.27. The summed E-state index contributed by atoms with van der Waals surface area (Å²) in [6, 6.07) is 0. The average Bonchev–Trinajstić information content (AvgIpc) is 1.89. The molecule has 0 aliphatic rings. The Morgan fingerprint density at radius 2 is 1.89 bits per heavy atom. The molecule has 0 atom stereocenters. The molecule has 0 aromatic rings. The van der Waals surface area contributed by atoms with Crippen LogP contribution in [0, 0.1) is 0 Å². The predicted molar refractivity (Wildman–Crippen MR) is 51.7 cm³/mol. The molecule has 0 amide bonds. The maximum absolute atomic E-state index is 2.29.